The minimum atomic E-state index is 0.0509. The van der Waals surface area contributed by atoms with Gasteiger partial charge in [0.1, 0.15) is 0 Å². The third-order valence-electron chi connectivity index (χ3n) is 0.854. The van der Waals surface area contributed by atoms with Crippen LogP contribution in [0.4, 0.5) is 0 Å². The van der Waals surface area contributed by atoms with E-state index in [1.54, 1.807) is 12.1 Å². The van der Waals surface area contributed by atoms with Crippen molar-refractivity contribution in [1.82, 2.24) is 0 Å². The molecule has 0 fully saturated rings. The molecule has 0 heterocycles. The second kappa shape index (κ2) is 5.98. The van der Waals surface area contributed by atoms with E-state index < -0.39 is 0 Å². The quantitative estimate of drug-likeness (QED) is 0.571. The van der Waals surface area contributed by atoms with Crippen molar-refractivity contribution in [2.75, 3.05) is 7.11 Å². The Morgan fingerprint density at radius 2 is 1.40 bits per heavy atom. The van der Waals surface area contributed by atoms with E-state index in [1.165, 1.54) is 12.1 Å². The average molecular weight is 138 g/mol. The molecule has 10 heavy (non-hydrogen) atoms. The summed E-state index contributed by atoms with van der Waals surface area (Å²) in [6.45, 7) is 0. The summed E-state index contributed by atoms with van der Waals surface area (Å²) in [7, 11) is 1.00. The lowest BCUT2D eigenvalue weighted by molar-refractivity contribution is 0.399. The summed E-state index contributed by atoms with van der Waals surface area (Å²) >= 11 is 0. The molecule has 1 aromatic rings. The Hall–Kier alpha value is -1.15. The highest BCUT2D eigenvalue weighted by atomic mass is 16.2. The van der Waals surface area contributed by atoms with E-state index in [0.717, 1.165) is 7.11 Å². The first kappa shape index (κ1) is 8.85. The van der Waals surface area contributed by atoms with Crippen LogP contribution in [0.25, 0.3) is 0 Å². The van der Waals surface area contributed by atoms with Gasteiger partial charge in [0.05, 0.1) is 0 Å². The van der Waals surface area contributed by atoms with Gasteiger partial charge in [-0.3, -0.25) is 4.79 Å². The summed E-state index contributed by atoms with van der Waals surface area (Å²) in [5.41, 5.74) is 0.0509. The van der Waals surface area contributed by atoms with Gasteiger partial charge in [0.2, 0.25) is 0 Å². The molecule has 0 unspecified atom stereocenters. The number of hydrogen-bond acceptors (Lipinski definition) is 2. The number of aliphatic hydroxyl groups excluding tert-OH is 1. The van der Waals surface area contributed by atoms with Crippen LogP contribution < -0.4 is 5.43 Å². The van der Waals surface area contributed by atoms with Crippen LogP contribution in [0.3, 0.4) is 0 Å². The standard InChI is InChI=1S/C7H6O.CH4O/c8-7-5-3-1-2-4-6-7;1-2/h1-6H;2H,1H3. The highest BCUT2D eigenvalue weighted by Gasteiger charge is 1.69. The van der Waals surface area contributed by atoms with E-state index in [9.17, 15) is 4.79 Å². The predicted octanol–water partition coefficient (Wildman–Crippen LogP) is 0.655. The fourth-order valence-electron chi connectivity index (χ4n) is 0.485. The second-order valence-electron chi connectivity index (χ2n) is 1.51. The third kappa shape index (κ3) is 3.80. The van der Waals surface area contributed by atoms with Gasteiger partial charge in [-0.15, -0.1) is 0 Å². The zero-order valence-corrected chi connectivity index (χ0v) is 5.82. The van der Waals surface area contributed by atoms with E-state index in [0.29, 0.717) is 0 Å². The van der Waals surface area contributed by atoms with E-state index in [2.05, 4.69) is 0 Å². The highest BCUT2D eigenvalue weighted by Crippen LogP contribution is 1.73. The fourth-order valence-corrected chi connectivity index (χ4v) is 0.485. The molecule has 0 aliphatic carbocycles. The lowest BCUT2D eigenvalue weighted by atomic mass is 10.5. The van der Waals surface area contributed by atoms with Gasteiger partial charge in [-0.2, -0.15) is 0 Å². The smallest absolute Gasteiger partial charge is 0.178 e. The molecule has 0 atom stereocenters. The summed E-state index contributed by atoms with van der Waals surface area (Å²) < 4.78 is 0. The van der Waals surface area contributed by atoms with Gasteiger partial charge < -0.3 is 5.11 Å². The monoisotopic (exact) mass is 138 g/mol. The van der Waals surface area contributed by atoms with Crippen molar-refractivity contribution in [3.8, 4) is 0 Å². The van der Waals surface area contributed by atoms with Crippen molar-refractivity contribution >= 4 is 0 Å². The third-order valence-corrected chi connectivity index (χ3v) is 0.854. The first-order valence-electron chi connectivity index (χ1n) is 2.90. The molecule has 1 aromatic carbocycles. The van der Waals surface area contributed by atoms with Crippen molar-refractivity contribution in [2.45, 2.75) is 0 Å². The van der Waals surface area contributed by atoms with Crippen LogP contribution in [0.1, 0.15) is 0 Å². The summed E-state index contributed by atoms with van der Waals surface area (Å²) in [5.74, 6) is 0. The molecule has 0 spiro atoms. The fraction of sp³-hybridized carbons (Fsp3) is 0.125. The number of rotatable bonds is 0. The SMILES string of the molecule is CO.O=c1cccccc1. The van der Waals surface area contributed by atoms with Crippen LogP contribution >= 0.6 is 0 Å². The van der Waals surface area contributed by atoms with Crippen molar-refractivity contribution in [3.05, 3.63) is 46.6 Å². The Balaban J connectivity index is 0.000000371. The Morgan fingerprint density at radius 3 is 1.80 bits per heavy atom. The lowest BCUT2D eigenvalue weighted by Crippen LogP contribution is -1.87. The van der Waals surface area contributed by atoms with Crippen molar-refractivity contribution < 1.29 is 5.11 Å². The highest BCUT2D eigenvalue weighted by molar-refractivity contribution is 5.00. The number of aliphatic hydroxyl groups is 1. The van der Waals surface area contributed by atoms with Crippen molar-refractivity contribution in [3.63, 3.8) is 0 Å². The molecule has 0 aromatic heterocycles. The minimum Gasteiger partial charge on any atom is -0.400 e. The molecular weight excluding hydrogens is 128 g/mol. The van der Waals surface area contributed by atoms with Gasteiger partial charge in [-0.25, -0.2) is 0 Å². The Morgan fingerprint density at radius 1 is 1.00 bits per heavy atom. The zero-order chi connectivity index (χ0) is 7.82. The summed E-state index contributed by atoms with van der Waals surface area (Å²) in [6.07, 6.45) is 0. The van der Waals surface area contributed by atoms with Crippen molar-refractivity contribution in [2.24, 2.45) is 0 Å². The second-order valence-corrected chi connectivity index (χ2v) is 1.51. The largest absolute Gasteiger partial charge is 0.400 e. The lowest BCUT2D eigenvalue weighted by Gasteiger charge is -1.56. The van der Waals surface area contributed by atoms with Crippen LogP contribution in [-0.4, -0.2) is 12.2 Å². The zero-order valence-electron chi connectivity index (χ0n) is 5.82. The van der Waals surface area contributed by atoms with Crippen LogP contribution in [0.2, 0.25) is 0 Å². The topological polar surface area (TPSA) is 37.3 Å². The van der Waals surface area contributed by atoms with E-state index in [1.807, 2.05) is 12.1 Å². The van der Waals surface area contributed by atoms with E-state index >= 15 is 0 Å². The molecule has 2 nitrogen and oxygen atoms in total. The maximum absolute atomic E-state index is 10.5. The molecule has 1 rings (SSSR count). The molecule has 1 N–H and O–H groups in total. The van der Waals surface area contributed by atoms with Gasteiger partial charge in [-0.1, -0.05) is 24.3 Å². The van der Waals surface area contributed by atoms with Gasteiger partial charge in [-0.05, 0) is 12.1 Å². The molecule has 0 radical (unpaired) electrons. The van der Waals surface area contributed by atoms with Crippen LogP contribution in [0, 0.1) is 0 Å². The molecule has 54 valence electrons. The minimum absolute atomic E-state index is 0.0509. The van der Waals surface area contributed by atoms with E-state index in [-0.39, 0.29) is 5.43 Å². The first-order chi connectivity index (χ1) is 4.89. The molecule has 0 aliphatic rings. The molecule has 0 aliphatic heterocycles. The Kier molecular flexibility index (Phi) is 5.29. The van der Waals surface area contributed by atoms with Crippen LogP contribution in [0.5, 0.6) is 0 Å². The summed E-state index contributed by atoms with van der Waals surface area (Å²) in [4.78, 5) is 10.5. The molecule has 0 bridgehead atoms. The summed E-state index contributed by atoms with van der Waals surface area (Å²) in [5, 5.41) is 7.00. The normalized spacial score (nSPS) is 7.40. The average Bonchev–Trinajstić information content (AvgIpc) is 2.21. The van der Waals surface area contributed by atoms with Crippen molar-refractivity contribution in [1.29, 1.82) is 0 Å². The summed E-state index contributed by atoms with van der Waals surface area (Å²) in [6, 6.07) is 10.1. The van der Waals surface area contributed by atoms with Crippen LogP contribution in [-0.2, 0) is 0 Å². The van der Waals surface area contributed by atoms with E-state index in [4.69, 9.17) is 5.11 Å². The van der Waals surface area contributed by atoms with Crippen LogP contribution in [0.15, 0.2) is 41.2 Å². The van der Waals surface area contributed by atoms with Gasteiger partial charge in [0.15, 0.2) is 5.43 Å². The van der Waals surface area contributed by atoms with Gasteiger partial charge >= 0.3 is 0 Å². The van der Waals surface area contributed by atoms with Gasteiger partial charge in [0, 0.05) is 7.11 Å². The molecule has 0 saturated heterocycles. The Bertz CT molecular complexity index is 198. The molecule has 2 heteroatoms. The number of hydrogen-bond donors (Lipinski definition) is 1. The predicted molar refractivity (Wildman–Crippen MR) is 40.9 cm³/mol. The molecule has 0 amide bonds. The van der Waals surface area contributed by atoms with Gasteiger partial charge in [0.25, 0.3) is 0 Å². The molecule has 0 saturated carbocycles. The maximum Gasteiger partial charge on any atom is 0.178 e. The first-order valence-corrected chi connectivity index (χ1v) is 2.90. The molecular formula is C8H10O2. The maximum atomic E-state index is 10.5. The Labute approximate surface area is 59.8 Å².